The number of anilines is 2. The van der Waals surface area contributed by atoms with Gasteiger partial charge in [-0.25, -0.2) is 4.98 Å². The van der Waals surface area contributed by atoms with Gasteiger partial charge in [0, 0.05) is 35.5 Å². The quantitative estimate of drug-likeness (QED) is 0.670. The number of aromatic amines is 1. The van der Waals surface area contributed by atoms with E-state index in [2.05, 4.69) is 25.6 Å². The molecule has 1 aromatic carbocycles. The zero-order chi connectivity index (χ0) is 17.6. The highest BCUT2D eigenvalue weighted by atomic mass is 16.2. The third-order valence-corrected chi connectivity index (χ3v) is 4.40. The van der Waals surface area contributed by atoms with Crippen LogP contribution in [0.25, 0.3) is 11.0 Å². The minimum Gasteiger partial charge on any atom is -0.326 e. The molecule has 0 saturated heterocycles. The van der Waals surface area contributed by atoms with Gasteiger partial charge in [0.05, 0.1) is 11.0 Å². The molecule has 0 aliphatic carbocycles. The van der Waals surface area contributed by atoms with Gasteiger partial charge in [-0.1, -0.05) is 13.8 Å². The van der Waals surface area contributed by atoms with E-state index in [1.807, 2.05) is 26.0 Å². The number of benzene rings is 1. The van der Waals surface area contributed by atoms with E-state index in [4.69, 9.17) is 0 Å². The highest BCUT2D eigenvalue weighted by Crippen LogP contribution is 2.39. The fourth-order valence-corrected chi connectivity index (χ4v) is 3.15. The van der Waals surface area contributed by atoms with Crippen LogP contribution in [0.5, 0.6) is 0 Å². The summed E-state index contributed by atoms with van der Waals surface area (Å²) in [5, 5.41) is 5.64. The molecule has 0 fully saturated rings. The number of imidazole rings is 1. The number of hydrogen-bond donors (Lipinski definition) is 3. The molecule has 4 rings (SSSR count). The summed E-state index contributed by atoms with van der Waals surface area (Å²) in [5.74, 6) is 0.0988. The van der Waals surface area contributed by atoms with Gasteiger partial charge in [0.1, 0.15) is 0 Å². The van der Waals surface area contributed by atoms with Crippen LogP contribution in [0.4, 0.5) is 11.6 Å². The number of carbonyl (C=O) groups excluding carboxylic acids is 2. The summed E-state index contributed by atoms with van der Waals surface area (Å²) in [4.78, 5) is 35.5. The lowest BCUT2D eigenvalue weighted by atomic mass is 9.78. The number of carbonyl (C=O) groups is 2. The molecular formula is C18H17N5O2. The van der Waals surface area contributed by atoms with Gasteiger partial charge >= 0.3 is 0 Å². The number of aromatic nitrogens is 3. The monoisotopic (exact) mass is 335 g/mol. The van der Waals surface area contributed by atoms with Crippen LogP contribution in [0.3, 0.4) is 0 Å². The summed E-state index contributed by atoms with van der Waals surface area (Å²) in [6, 6.07) is 7.09. The fourth-order valence-electron chi connectivity index (χ4n) is 3.15. The standard InChI is InChI=1S/C18H17N5O2/c1-18(2)9-15(24)20-12-8-14-13(7-11(12)18)21-17(22-14)23-16(25)10-3-5-19-6-4-10/h3-8H,9H2,1-2H3,(H,20,24)(H2,21,22,23,25). The van der Waals surface area contributed by atoms with Crippen molar-refractivity contribution in [2.75, 3.05) is 10.6 Å². The van der Waals surface area contributed by atoms with Crippen LogP contribution in [0.1, 0.15) is 36.2 Å². The molecule has 126 valence electrons. The number of rotatable bonds is 2. The molecule has 25 heavy (non-hydrogen) atoms. The second kappa shape index (κ2) is 5.41. The minimum atomic E-state index is -0.264. The van der Waals surface area contributed by atoms with Crippen LogP contribution in [-0.4, -0.2) is 26.8 Å². The molecule has 3 N–H and O–H groups in total. The Balaban J connectivity index is 1.69. The molecule has 0 saturated carbocycles. The van der Waals surface area contributed by atoms with Crippen molar-refractivity contribution >= 4 is 34.5 Å². The zero-order valence-electron chi connectivity index (χ0n) is 13.9. The van der Waals surface area contributed by atoms with Crippen molar-refractivity contribution in [1.29, 1.82) is 0 Å². The topological polar surface area (TPSA) is 99.8 Å². The van der Waals surface area contributed by atoms with Gasteiger partial charge < -0.3 is 10.3 Å². The zero-order valence-corrected chi connectivity index (χ0v) is 13.9. The Bertz CT molecular complexity index is 991. The number of pyridine rings is 1. The molecule has 7 nitrogen and oxygen atoms in total. The van der Waals surface area contributed by atoms with Gasteiger partial charge in [0.2, 0.25) is 11.9 Å². The summed E-state index contributed by atoms with van der Waals surface area (Å²) in [6.45, 7) is 4.08. The van der Waals surface area contributed by atoms with Crippen LogP contribution in [0.2, 0.25) is 0 Å². The molecule has 0 atom stereocenters. The van der Waals surface area contributed by atoms with Crippen molar-refractivity contribution in [3.8, 4) is 0 Å². The maximum atomic E-state index is 12.2. The van der Waals surface area contributed by atoms with Gasteiger partial charge in [0.15, 0.2) is 0 Å². The average molecular weight is 335 g/mol. The molecule has 1 aliphatic heterocycles. The van der Waals surface area contributed by atoms with Crippen molar-refractivity contribution in [1.82, 2.24) is 15.0 Å². The highest BCUT2D eigenvalue weighted by molar-refractivity contribution is 6.04. The third kappa shape index (κ3) is 2.73. The number of hydrogen-bond acceptors (Lipinski definition) is 4. The summed E-state index contributed by atoms with van der Waals surface area (Å²) < 4.78 is 0. The molecule has 3 aromatic rings. The van der Waals surface area contributed by atoms with Crippen LogP contribution in [0, 0.1) is 0 Å². The molecule has 3 heterocycles. The van der Waals surface area contributed by atoms with Crippen LogP contribution < -0.4 is 10.6 Å². The first kappa shape index (κ1) is 15.3. The van der Waals surface area contributed by atoms with Gasteiger partial charge in [-0.3, -0.25) is 19.9 Å². The molecule has 0 spiro atoms. The number of nitrogens with zero attached hydrogens (tertiary/aromatic N) is 2. The fraction of sp³-hybridized carbons (Fsp3) is 0.222. The summed E-state index contributed by atoms with van der Waals surface area (Å²) in [6.07, 6.45) is 3.56. The summed E-state index contributed by atoms with van der Waals surface area (Å²) >= 11 is 0. The summed E-state index contributed by atoms with van der Waals surface area (Å²) in [5.41, 5.74) is 3.57. The Morgan fingerprint density at radius 3 is 2.76 bits per heavy atom. The second-order valence-electron chi connectivity index (χ2n) is 6.80. The van der Waals surface area contributed by atoms with Crippen LogP contribution >= 0.6 is 0 Å². The average Bonchev–Trinajstić information content (AvgIpc) is 2.94. The predicted molar refractivity (Wildman–Crippen MR) is 94.6 cm³/mol. The smallest absolute Gasteiger partial charge is 0.258 e. The predicted octanol–water partition coefficient (Wildman–Crippen LogP) is 2.83. The Morgan fingerprint density at radius 1 is 1.24 bits per heavy atom. The first-order valence-corrected chi connectivity index (χ1v) is 7.98. The molecule has 0 bridgehead atoms. The molecule has 0 radical (unpaired) electrons. The van der Waals surface area contributed by atoms with Crippen molar-refractivity contribution in [3.63, 3.8) is 0 Å². The van der Waals surface area contributed by atoms with E-state index in [1.165, 1.54) is 0 Å². The molecular weight excluding hydrogens is 318 g/mol. The molecule has 0 unspecified atom stereocenters. The Labute approximate surface area is 143 Å². The largest absolute Gasteiger partial charge is 0.326 e. The Morgan fingerprint density at radius 2 is 2.00 bits per heavy atom. The second-order valence-corrected chi connectivity index (χ2v) is 6.80. The first-order valence-electron chi connectivity index (χ1n) is 7.98. The number of H-pyrrole nitrogens is 1. The van der Waals surface area contributed by atoms with Crippen molar-refractivity contribution in [2.45, 2.75) is 25.7 Å². The lowest BCUT2D eigenvalue weighted by Gasteiger charge is -2.31. The van der Waals surface area contributed by atoms with E-state index in [-0.39, 0.29) is 17.2 Å². The normalized spacial score (nSPS) is 15.5. The minimum absolute atomic E-state index is 0.00130. The maximum absolute atomic E-state index is 12.2. The SMILES string of the molecule is CC1(C)CC(=O)Nc2cc3nc(NC(=O)c4ccncc4)[nH]c3cc21. The number of fused-ring (bicyclic) bond motifs is 2. The van der Waals surface area contributed by atoms with Crippen LogP contribution in [-0.2, 0) is 10.2 Å². The van der Waals surface area contributed by atoms with E-state index in [1.54, 1.807) is 24.5 Å². The highest BCUT2D eigenvalue weighted by Gasteiger charge is 2.32. The van der Waals surface area contributed by atoms with Gasteiger partial charge in [-0.2, -0.15) is 0 Å². The van der Waals surface area contributed by atoms with Crippen molar-refractivity contribution in [2.24, 2.45) is 0 Å². The van der Waals surface area contributed by atoms with E-state index in [0.29, 0.717) is 23.4 Å². The third-order valence-electron chi connectivity index (χ3n) is 4.40. The summed E-state index contributed by atoms with van der Waals surface area (Å²) in [7, 11) is 0. The lowest BCUT2D eigenvalue weighted by Crippen LogP contribution is -2.32. The van der Waals surface area contributed by atoms with Crippen molar-refractivity contribution < 1.29 is 9.59 Å². The maximum Gasteiger partial charge on any atom is 0.258 e. The first-order chi connectivity index (χ1) is 11.9. The van der Waals surface area contributed by atoms with Crippen molar-refractivity contribution in [3.05, 3.63) is 47.8 Å². The van der Waals surface area contributed by atoms with Gasteiger partial charge in [-0.15, -0.1) is 0 Å². The van der Waals surface area contributed by atoms with E-state index in [0.717, 1.165) is 16.8 Å². The number of amides is 2. The van der Waals surface area contributed by atoms with E-state index in [9.17, 15) is 9.59 Å². The van der Waals surface area contributed by atoms with Gasteiger partial charge in [-0.05, 0) is 29.8 Å². The number of nitrogens with one attached hydrogen (secondary N) is 3. The molecule has 2 aromatic heterocycles. The van der Waals surface area contributed by atoms with E-state index >= 15 is 0 Å². The van der Waals surface area contributed by atoms with Gasteiger partial charge in [0.25, 0.3) is 5.91 Å². The van der Waals surface area contributed by atoms with E-state index < -0.39 is 0 Å². The van der Waals surface area contributed by atoms with Crippen LogP contribution in [0.15, 0.2) is 36.7 Å². The Kier molecular flexibility index (Phi) is 3.31. The Hall–Kier alpha value is -3.22. The molecule has 2 amide bonds. The molecule has 1 aliphatic rings. The molecule has 7 heteroatoms. The lowest BCUT2D eigenvalue weighted by molar-refractivity contribution is -0.117.